The molecular formula is C23H20N2O4. The van der Waals surface area contributed by atoms with Crippen LogP contribution < -0.4 is 10.6 Å². The summed E-state index contributed by atoms with van der Waals surface area (Å²) in [5.74, 6) is -1.04. The summed E-state index contributed by atoms with van der Waals surface area (Å²) >= 11 is 0. The maximum atomic E-state index is 12.4. The van der Waals surface area contributed by atoms with Crippen LogP contribution in [-0.4, -0.2) is 24.9 Å². The van der Waals surface area contributed by atoms with Crippen molar-refractivity contribution in [1.82, 2.24) is 5.32 Å². The van der Waals surface area contributed by atoms with Gasteiger partial charge in [-0.25, -0.2) is 4.79 Å². The predicted octanol–water partition coefficient (Wildman–Crippen LogP) is 3.66. The molecule has 0 bridgehead atoms. The smallest absolute Gasteiger partial charge is 0.337 e. The minimum atomic E-state index is -0.480. The van der Waals surface area contributed by atoms with Crippen LogP contribution in [0.5, 0.6) is 0 Å². The van der Waals surface area contributed by atoms with Gasteiger partial charge >= 0.3 is 5.97 Å². The highest BCUT2D eigenvalue weighted by Gasteiger charge is 2.11. The number of carbonyl (C=O) groups is 3. The topological polar surface area (TPSA) is 84.5 Å². The third-order valence-electron chi connectivity index (χ3n) is 4.25. The molecule has 2 amide bonds. The zero-order chi connectivity index (χ0) is 20.6. The molecule has 3 rings (SSSR count). The second-order valence-electron chi connectivity index (χ2n) is 6.27. The van der Waals surface area contributed by atoms with Crippen LogP contribution in [0, 0.1) is 0 Å². The van der Waals surface area contributed by atoms with Gasteiger partial charge in [0, 0.05) is 23.4 Å². The number of amides is 2. The normalized spacial score (nSPS) is 10.1. The molecule has 2 N–H and O–H groups in total. The fraction of sp³-hybridized carbons (Fsp3) is 0.0870. The molecule has 3 aromatic rings. The molecule has 0 fully saturated rings. The molecule has 0 aliphatic carbocycles. The second-order valence-corrected chi connectivity index (χ2v) is 6.27. The summed E-state index contributed by atoms with van der Waals surface area (Å²) in [5.41, 5.74) is 2.68. The fourth-order valence-corrected chi connectivity index (χ4v) is 2.70. The first-order valence-electron chi connectivity index (χ1n) is 8.99. The van der Waals surface area contributed by atoms with E-state index in [1.54, 1.807) is 42.5 Å². The Balaban J connectivity index is 1.61. The van der Waals surface area contributed by atoms with Gasteiger partial charge in [-0.2, -0.15) is 0 Å². The maximum absolute atomic E-state index is 12.4. The van der Waals surface area contributed by atoms with Crippen molar-refractivity contribution >= 4 is 23.5 Å². The molecule has 146 valence electrons. The van der Waals surface area contributed by atoms with Gasteiger partial charge in [0.15, 0.2) is 0 Å². The van der Waals surface area contributed by atoms with E-state index < -0.39 is 5.97 Å². The number of hydrogen-bond acceptors (Lipinski definition) is 4. The van der Waals surface area contributed by atoms with E-state index in [4.69, 9.17) is 0 Å². The molecule has 0 atom stereocenters. The fourth-order valence-electron chi connectivity index (χ4n) is 2.70. The van der Waals surface area contributed by atoms with Crippen molar-refractivity contribution in [3.63, 3.8) is 0 Å². The molecule has 0 radical (unpaired) electrons. The maximum Gasteiger partial charge on any atom is 0.337 e. The number of ether oxygens (including phenoxy) is 1. The number of anilines is 1. The van der Waals surface area contributed by atoms with Gasteiger partial charge in [-0.1, -0.05) is 36.4 Å². The predicted molar refractivity (Wildman–Crippen MR) is 110 cm³/mol. The van der Waals surface area contributed by atoms with Crippen LogP contribution in [0.4, 0.5) is 5.69 Å². The van der Waals surface area contributed by atoms with Crippen LogP contribution in [0.1, 0.15) is 36.6 Å². The monoisotopic (exact) mass is 388 g/mol. The van der Waals surface area contributed by atoms with Gasteiger partial charge in [0.25, 0.3) is 11.8 Å². The lowest BCUT2D eigenvalue weighted by molar-refractivity contribution is 0.0600. The average molecular weight is 388 g/mol. The Bertz CT molecular complexity index is 1010. The molecule has 0 saturated carbocycles. The van der Waals surface area contributed by atoms with E-state index in [0.717, 1.165) is 5.56 Å². The van der Waals surface area contributed by atoms with Crippen molar-refractivity contribution in [2.75, 3.05) is 12.4 Å². The Kier molecular flexibility index (Phi) is 6.37. The molecule has 6 heteroatoms. The van der Waals surface area contributed by atoms with Crippen molar-refractivity contribution in [3.8, 4) is 0 Å². The number of nitrogens with one attached hydrogen (secondary N) is 2. The van der Waals surface area contributed by atoms with E-state index in [0.29, 0.717) is 28.9 Å². The molecule has 0 heterocycles. The number of esters is 1. The molecule has 0 saturated heterocycles. The van der Waals surface area contributed by atoms with Gasteiger partial charge in [0.1, 0.15) is 0 Å². The van der Waals surface area contributed by atoms with Gasteiger partial charge in [0.2, 0.25) is 0 Å². The van der Waals surface area contributed by atoms with Gasteiger partial charge < -0.3 is 15.4 Å². The summed E-state index contributed by atoms with van der Waals surface area (Å²) < 4.78 is 4.68. The molecule has 0 spiro atoms. The number of methoxy groups -OCH3 is 1. The molecular weight excluding hydrogens is 368 g/mol. The van der Waals surface area contributed by atoms with Gasteiger partial charge in [-0.05, 0) is 48.0 Å². The van der Waals surface area contributed by atoms with E-state index in [2.05, 4.69) is 15.4 Å². The SMILES string of the molecule is COC(=O)c1cccc(NC(=O)c2ccc(C(=O)NCc3ccccc3)cc2)c1. The third kappa shape index (κ3) is 5.29. The first kappa shape index (κ1) is 19.8. The summed E-state index contributed by atoms with van der Waals surface area (Å²) in [6, 6.07) is 22.4. The van der Waals surface area contributed by atoms with Crippen LogP contribution in [0.2, 0.25) is 0 Å². The largest absolute Gasteiger partial charge is 0.465 e. The minimum Gasteiger partial charge on any atom is -0.465 e. The molecule has 3 aromatic carbocycles. The zero-order valence-corrected chi connectivity index (χ0v) is 15.8. The van der Waals surface area contributed by atoms with Crippen LogP contribution >= 0.6 is 0 Å². The lowest BCUT2D eigenvalue weighted by atomic mass is 10.1. The highest BCUT2D eigenvalue weighted by Crippen LogP contribution is 2.14. The first-order chi connectivity index (χ1) is 14.1. The standard InChI is InChI=1S/C23H20N2O4/c1-29-23(28)19-8-5-9-20(14-19)25-22(27)18-12-10-17(11-13-18)21(26)24-15-16-6-3-2-4-7-16/h2-14H,15H2,1H3,(H,24,26)(H,25,27). The second kappa shape index (κ2) is 9.32. The first-order valence-corrected chi connectivity index (χ1v) is 8.99. The Morgan fingerprint density at radius 3 is 2.07 bits per heavy atom. The lowest BCUT2D eigenvalue weighted by Crippen LogP contribution is -2.22. The number of carbonyl (C=O) groups excluding carboxylic acids is 3. The van der Waals surface area contributed by atoms with E-state index in [1.165, 1.54) is 13.2 Å². The molecule has 0 unspecified atom stereocenters. The van der Waals surface area contributed by atoms with Gasteiger partial charge in [-0.3, -0.25) is 9.59 Å². The summed E-state index contributed by atoms with van der Waals surface area (Å²) in [4.78, 5) is 36.3. The Hall–Kier alpha value is -3.93. The number of rotatable bonds is 6. The van der Waals surface area contributed by atoms with Crippen LogP contribution in [0.25, 0.3) is 0 Å². The molecule has 29 heavy (non-hydrogen) atoms. The summed E-state index contributed by atoms with van der Waals surface area (Å²) in [6.45, 7) is 0.429. The highest BCUT2D eigenvalue weighted by atomic mass is 16.5. The lowest BCUT2D eigenvalue weighted by Gasteiger charge is -2.08. The Labute approximate surface area is 168 Å². The van der Waals surface area contributed by atoms with Crippen molar-refractivity contribution in [2.24, 2.45) is 0 Å². The van der Waals surface area contributed by atoms with Crippen molar-refractivity contribution in [3.05, 3.63) is 101 Å². The van der Waals surface area contributed by atoms with Crippen LogP contribution in [0.3, 0.4) is 0 Å². The van der Waals surface area contributed by atoms with Gasteiger partial charge in [0.05, 0.1) is 12.7 Å². The summed E-state index contributed by atoms with van der Waals surface area (Å²) in [6.07, 6.45) is 0. The van der Waals surface area contributed by atoms with Crippen LogP contribution in [-0.2, 0) is 11.3 Å². The van der Waals surface area contributed by atoms with Crippen molar-refractivity contribution < 1.29 is 19.1 Å². The molecule has 0 aromatic heterocycles. The molecule has 0 aliphatic heterocycles. The molecule has 6 nitrogen and oxygen atoms in total. The van der Waals surface area contributed by atoms with Crippen molar-refractivity contribution in [1.29, 1.82) is 0 Å². The average Bonchev–Trinajstić information content (AvgIpc) is 2.78. The Morgan fingerprint density at radius 1 is 0.759 bits per heavy atom. The number of hydrogen-bond donors (Lipinski definition) is 2. The van der Waals surface area contributed by atoms with E-state index in [9.17, 15) is 14.4 Å². The third-order valence-corrected chi connectivity index (χ3v) is 4.25. The Morgan fingerprint density at radius 2 is 1.41 bits per heavy atom. The highest BCUT2D eigenvalue weighted by molar-refractivity contribution is 6.05. The van der Waals surface area contributed by atoms with E-state index >= 15 is 0 Å². The van der Waals surface area contributed by atoms with Gasteiger partial charge in [-0.15, -0.1) is 0 Å². The summed E-state index contributed by atoms with van der Waals surface area (Å²) in [7, 11) is 1.30. The number of benzene rings is 3. The quantitative estimate of drug-likeness (QED) is 0.631. The van der Waals surface area contributed by atoms with E-state index in [-0.39, 0.29) is 11.8 Å². The van der Waals surface area contributed by atoms with Crippen molar-refractivity contribution in [2.45, 2.75) is 6.54 Å². The zero-order valence-electron chi connectivity index (χ0n) is 15.8. The van der Waals surface area contributed by atoms with E-state index in [1.807, 2.05) is 30.3 Å². The summed E-state index contributed by atoms with van der Waals surface area (Å²) in [5, 5.41) is 5.57. The minimum absolute atomic E-state index is 0.216. The van der Waals surface area contributed by atoms with Crippen LogP contribution in [0.15, 0.2) is 78.9 Å². The molecule has 0 aliphatic rings.